The van der Waals surface area contributed by atoms with E-state index in [2.05, 4.69) is 30.3 Å². The number of nitrogens with one attached hydrogen (secondary N) is 1. The van der Waals surface area contributed by atoms with Crippen molar-refractivity contribution < 1.29 is 4.52 Å². The third-order valence-corrected chi connectivity index (χ3v) is 2.14. The van der Waals surface area contributed by atoms with Crippen molar-refractivity contribution in [1.82, 2.24) is 30.3 Å². The van der Waals surface area contributed by atoms with E-state index in [0.717, 1.165) is 0 Å². The molecule has 3 aromatic heterocycles. The van der Waals surface area contributed by atoms with Crippen molar-refractivity contribution in [2.75, 3.05) is 5.73 Å². The number of nitrogens with zero attached hydrogens (tertiary/aromatic N) is 5. The number of nitrogens with two attached hydrogens (primary N) is 1. The van der Waals surface area contributed by atoms with Gasteiger partial charge in [0.15, 0.2) is 5.82 Å². The number of hydrogen-bond donors (Lipinski definition) is 2. The van der Waals surface area contributed by atoms with Gasteiger partial charge in [0.05, 0.1) is 17.4 Å². The zero-order chi connectivity index (χ0) is 11.7. The van der Waals surface area contributed by atoms with Crippen molar-refractivity contribution in [3.05, 3.63) is 24.8 Å². The van der Waals surface area contributed by atoms with Gasteiger partial charge in [-0.2, -0.15) is 10.1 Å². The van der Waals surface area contributed by atoms with Crippen molar-refractivity contribution in [3.63, 3.8) is 0 Å². The summed E-state index contributed by atoms with van der Waals surface area (Å²) in [6.45, 7) is 0. The first-order valence-corrected chi connectivity index (χ1v) is 4.74. The van der Waals surface area contributed by atoms with Crippen LogP contribution in [0, 0.1) is 0 Å². The molecule has 3 aromatic rings. The Kier molecular flexibility index (Phi) is 2.04. The Balaban J connectivity index is 2.04. The molecule has 0 bridgehead atoms. The second-order valence-corrected chi connectivity index (χ2v) is 3.22. The predicted molar refractivity (Wildman–Crippen MR) is 57.3 cm³/mol. The lowest BCUT2D eigenvalue weighted by molar-refractivity contribution is 0.432. The summed E-state index contributed by atoms with van der Waals surface area (Å²) in [6, 6.07) is 1.70. The number of nitrogen functional groups attached to an aromatic ring is 1. The SMILES string of the molecule is Nc1cnccc1-c1nc(-c2ncn[nH]2)no1. The van der Waals surface area contributed by atoms with Crippen LogP contribution in [0.3, 0.4) is 0 Å². The summed E-state index contributed by atoms with van der Waals surface area (Å²) >= 11 is 0. The van der Waals surface area contributed by atoms with E-state index in [1.54, 1.807) is 12.3 Å². The fourth-order valence-electron chi connectivity index (χ4n) is 1.34. The van der Waals surface area contributed by atoms with Crippen molar-refractivity contribution in [2.24, 2.45) is 0 Å². The number of pyridine rings is 1. The van der Waals surface area contributed by atoms with Crippen LogP contribution in [-0.2, 0) is 0 Å². The van der Waals surface area contributed by atoms with Gasteiger partial charge < -0.3 is 10.3 Å². The van der Waals surface area contributed by atoms with E-state index in [9.17, 15) is 0 Å². The highest BCUT2D eigenvalue weighted by molar-refractivity contribution is 5.69. The minimum absolute atomic E-state index is 0.316. The summed E-state index contributed by atoms with van der Waals surface area (Å²) < 4.78 is 5.10. The lowest BCUT2D eigenvalue weighted by Crippen LogP contribution is -1.91. The monoisotopic (exact) mass is 229 g/mol. The molecule has 0 aromatic carbocycles. The van der Waals surface area contributed by atoms with E-state index >= 15 is 0 Å². The maximum Gasteiger partial charge on any atom is 0.260 e. The highest BCUT2D eigenvalue weighted by Crippen LogP contribution is 2.24. The molecule has 17 heavy (non-hydrogen) atoms. The maximum absolute atomic E-state index is 5.75. The minimum Gasteiger partial charge on any atom is -0.397 e. The van der Waals surface area contributed by atoms with Crippen molar-refractivity contribution >= 4 is 5.69 Å². The lowest BCUT2D eigenvalue weighted by atomic mass is 10.2. The molecule has 3 heterocycles. The molecule has 84 valence electrons. The highest BCUT2D eigenvalue weighted by atomic mass is 16.5. The molecule has 3 rings (SSSR count). The van der Waals surface area contributed by atoms with E-state index in [1.807, 2.05) is 0 Å². The van der Waals surface area contributed by atoms with E-state index in [-0.39, 0.29) is 0 Å². The first kappa shape index (κ1) is 9.46. The van der Waals surface area contributed by atoms with E-state index < -0.39 is 0 Å². The van der Waals surface area contributed by atoms with Gasteiger partial charge in [-0.05, 0) is 6.07 Å². The Bertz CT molecular complexity index is 630. The van der Waals surface area contributed by atoms with Crippen molar-refractivity contribution in [3.8, 4) is 23.1 Å². The Hall–Kier alpha value is -2.77. The standard InChI is InChI=1S/C9H7N7O/c10-6-3-11-2-1-5(6)9-14-8(16-17-9)7-12-4-13-15-7/h1-4H,10H2,(H,12,13,15). The Morgan fingerprint density at radius 3 is 3.06 bits per heavy atom. The molecule has 0 aliphatic heterocycles. The zero-order valence-electron chi connectivity index (χ0n) is 8.53. The molecule has 3 N–H and O–H groups in total. The van der Waals surface area contributed by atoms with Gasteiger partial charge >= 0.3 is 0 Å². The van der Waals surface area contributed by atoms with Gasteiger partial charge in [-0.3, -0.25) is 10.1 Å². The number of H-pyrrole nitrogens is 1. The molecule has 0 unspecified atom stereocenters. The lowest BCUT2D eigenvalue weighted by Gasteiger charge is -1.96. The molecule has 0 saturated heterocycles. The van der Waals surface area contributed by atoms with E-state index in [1.165, 1.54) is 12.5 Å². The summed E-state index contributed by atoms with van der Waals surface area (Å²) in [6.07, 6.45) is 4.49. The summed E-state index contributed by atoms with van der Waals surface area (Å²) in [5.41, 5.74) is 6.86. The number of aromatic amines is 1. The molecule has 0 radical (unpaired) electrons. The molecular formula is C9H7N7O. The number of rotatable bonds is 2. The predicted octanol–water partition coefficient (Wildman–Crippen LogP) is 0.499. The van der Waals surface area contributed by atoms with Crippen LogP contribution in [0.15, 0.2) is 29.3 Å². The average Bonchev–Trinajstić information content (AvgIpc) is 3.00. The fraction of sp³-hybridized carbons (Fsp3) is 0. The first-order valence-electron chi connectivity index (χ1n) is 4.74. The first-order chi connectivity index (χ1) is 8.34. The van der Waals surface area contributed by atoms with Crippen LogP contribution in [0.1, 0.15) is 0 Å². The van der Waals surface area contributed by atoms with Crippen LogP contribution in [-0.4, -0.2) is 30.3 Å². The molecule has 0 spiro atoms. The molecule has 0 aliphatic carbocycles. The van der Waals surface area contributed by atoms with Gasteiger partial charge in [0, 0.05) is 6.20 Å². The van der Waals surface area contributed by atoms with Crippen LogP contribution in [0.4, 0.5) is 5.69 Å². The number of anilines is 1. The van der Waals surface area contributed by atoms with Crippen LogP contribution >= 0.6 is 0 Å². The molecule has 0 saturated carbocycles. The highest BCUT2D eigenvalue weighted by Gasteiger charge is 2.14. The van der Waals surface area contributed by atoms with Gasteiger partial charge in [-0.1, -0.05) is 5.16 Å². The third-order valence-electron chi connectivity index (χ3n) is 2.14. The third kappa shape index (κ3) is 1.61. The average molecular weight is 229 g/mol. The summed E-state index contributed by atoms with van der Waals surface area (Å²) in [5, 5.41) is 10.1. The van der Waals surface area contributed by atoms with Crippen LogP contribution in [0.2, 0.25) is 0 Å². The number of aromatic nitrogens is 6. The molecule has 0 amide bonds. The summed E-state index contributed by atoms with van der Waals surface area (Å²) in [5.74, 6) is 1.08. The topological polar surface area (TPSA) is 119 Å². The largest absolute Gasteiger partial charge is 0.397 e. The molecule has 0 aliphatic rings. The molecule has 8 nitrogen and oxygen atoms in total. The Morgan fingerprint density at radius 1 is 1.35 bits per heavy atom. The van der Waals surface area contributed by atoms with E-state index in [0.29, 0.717) is 28.8 Å². The summed E-state index contributed by atoms with van der Waals surface area (Å²) in [7, 11) is 0. The normalized spacial score (nSPS) is 10.6. The van der Waals surface area contributed by atoms with E-state index in [4.69, 9.17) is 10.3 Å². The number of hydrogen-bond acceptors (Lipinski definition) is 7. The van der Waals surface area contributed by atoms with Gasteiger partial charge in [-0.25, -0.2) is 4.98 Å². The van der Waals surface area contributed by atoms with Gasteiger partial charge in [0.1, 0.15) is 6.33 Å². The second-order valence-electron chi connectivity index (χ2n) is 3.22. The summed E-state index contributed by atoms with van der Waals surface area (Å²) in [4.78, 5) is 12.0. The Morgan fingerprint density at radius 2 is 2.29 bits per heavy atom. The van der Waals surface area contributed by atoms with Crippen LogP contribution < -0.4 is 5.73 Å². The van der Waals surface area contributed by atoms with Gasteiger partial charge in [0.25, 0.3) is 5.89 Å². The smallest absolute Gasteiger partial charge is 0.260 e. The quantitative estimate of drug-likeness (QED) is 0.656. The van der Waals surface area contributed by atoms with Crippen LogP contribution in [0.5, 0.6) is 0 Å². The fourth-order valence-corrected chi connectivity index (χ4v) is 1.34. The van der Waals surface area contributed by atoms with Gasteiger partial charge in [-0.15, -0.1) is 0 Å². The van der Waals surface area contributed by atoms with Crippen molar-refractivity contribution in [2.45, 2.75) is 0 Å². The maximum atomic E-state index is 5.75. The molecule has 0 atom stereocenters. The Labute approximate surface area is 94.9 Å². The zero-order valence-corrected chi connectivity index (χ0v) is 8.53. The molecule has 0 fully saturated rings. The molecular weight excluding hydrogens is 222 g/mol. The minimum atomic E-state index is 0.316. The van der Waals surface area contributed by atoms with Crippen molar-refractivity contribution in [1.29, 1.82) is 0 Å². The van der Waals surface area contributed by atoms with Crippen LogP contribution in [0.25, 0.3) is 23.1 Å². The van der Waals surface area contributed by atoms with Gasteiger partial charge in [0.2, 0.25) is 5.82 Å². The molecule has 8 heteroatoms. The second kappa shape index (κ2) is 3.67.